The number of aliphatic hydroxyl groups excluding tert-OH is 1. The SMILES string of the molecule is O=C=NCCCCCCCCCCCCCCCCCCCCO. The number of isocyanates is 1. The van der Waals surface area contributed by atoms with E-state index in [1.165, 1.54) is 103 Å². The number of rotatable bonds is 20. The molecule has 142 valence electrons. The Morgan fingerprint density at radius 1 is 0.500 bits per heavy atom. The normalized spacial score (nSPS) is 10.7. The first-order chi connectivity index (χ1) is 11.9. The van der Waals surface area contributed by atoms with E-state index in [9.17, 15) is 4.79 Å². The van der Waals surface area contributed by atoms with Crippen molar-refractivity contribution in [1.29, 1.82) is 0 Å². The van der Waals surface area contributed by atoms with Crippen LogP contribution >= 0.6 is 0 Å². The Kier molecular flexibility index (Phi) is 21.7. The zero-order valence-electron chi connectivity index (χ0n) is 15.9. The van der Waals surface area contributed by atoms with E-state index in [4.69, 9.17) is 5.11 Å². The van der Waals surface area contributed by atoms with Gasteiger partial charge in [0.2, 0.25) is 6.08 Å². The van der Waals surface area contributed by atoms with Crippen LogP contribution in [0.5, 0.6) is 0 Å². The van der Waals surface area contributed by atoms with Gasteiger partial charge in [0, 0.05) is 6.61 Å². The third-order valence-corrected chi connectivity index (χ3v) is 4.74. The molecule has 0 fully saturated rings. The second-order valence-electron chi connectivity index (χ2n) is 7.06. The molecule has 0 aliphatic rings. The molecule has 0 unspecified atom stereocenters. The zero-order valence-corrected chi connectivity index (χ0v) is 15.9. The maximum atomic E-state index is 9.90. The van der Waals surface area contributed by atoms with Crippen molar-refractivity contribution in [2.24, 2.45) is 4.99 Å². The van der Waals surface area contributed by atoms with Gasteiger partial charge in [-0.25, -0.2) is 9.79 Å². The predicted octanol–water partition coefficient (Wildman–Crippen LogP) is 6.34. The topological polar surface area (TPSA) is 49.7 Å². The van der Waals surface area contributed by atoms with Crippen LogP contribution in [0.4, 0.5) is 0 Å². The lowest BCUT2D eigenvalue weighted by molar-refractivity contribution is 0.282. The van der Waals surface area contributed by atoms with E-state index in [1.54, 1.807) is 6.08 Å². The quantitative estimate of drug-likeness (QED) is 0.160. The summed E-state index contributed by atoms with van der Waals surface area (Å²) in [5, 5.41) is 8.70. The number of unbranched alkanes of at least 4 members (excludes halogenated alkanes) is 17. The Hall–Kier alpha value is -0.660. The largest absolute Gasteiger partial charge is 0.396 e. The molecule has 0 saturated heterocycles. The van der Waals surface area contributed by atoms with E-state index < -0.39 is 0 Å². The second kappa shape index (κ2) is 22.3. The van der Waals surface area contributed by atoms with Gasteiger partial charge in [-0.1, -0.05) is 103 Å². The van der Waals surface area contributed by atoms with Gasteiger partial charge in [-0.05, 0) is 12.8 Å². The highest BCUT2D eigenvalue weighted by atomic mass is 16.2. The van der Waals surface area contributed by atoms with Crippen molar-refractivity contribution in [1.82, 2.24) is 0 Å². The Morgan fingerprint density at radius 3 is 1.08 bits per heavy atom. The van der Waals surface area contributed by atoms with E-state index in [-0.39, 0.29) is 0 Å². The predicted molar refractivity (Wildman–Crippen MR) is 103 cm³/mol. The third kappa shape index (κ3) is 21.3. The molecule has 0 spiro atoms. The smallest absolute Gasteiger partial charge is 0.234 e. The lowest BCUT2D eigenvalue weighted by Crippen LogP contribution is -1.85. The van der Waals surface area contributed by atoms with Crippen LogP contribution in [0, 0.1) is 0 Å². The third-order valence-electron chi connectivity index (χ3n) is 4.74. The molecule has 3 heteroatoms. The maximum Gasteiger partial charge on any atom is 0.234 e. The average molecular weight is 340 g/mol. The lowest BCUT2D eigenvalue weighted by Gasteiger charge is -2.03. The van der Waals surface area contributed by atoms with Gasteiger partial charge >= 0.3 is 0 Å². The van der Waals surface area contributed by atoms with Gasteiger partial charge in [-0.3, -0.25) is 0 Å². The summed E-state index contributed by atoms with van der Waals surface area (Å²) in [6.45, 7) is 1.02. The van der Waals surface area contributed by atoms with Gasteiger partial charge in [0.05, 0.1) is 6.54 Å². The van der Waals surface area contributed by atoms with Gasteiger partial charge in [-0.2, -0.15) is 0 Å². The molecule has 0 saturated carbocycles. The van der Waals surface area contributed by atoms with Crippen LogP contribution in [-0.4, -0.2) is 24.3 Å². The van der Waals surface area contributed by atoms with Gasteiger partial charge < -0.3 is 5.11 Å². The molecule has 0 heterocycles. The molecular weight excluding hydrogens is 298 g/mol. The first-order valence-corrected chi connectivity index (χ1v) is 10.6. The van der Waals surface area contributed by atoms with E-state index in [0.29, 0.717) is 13.2 Å². The van der Waals surface area contributed by atoms with Crippen molar-refractivity contribution in [3.05, 3.63) is 0 Å². The minimum atomic E-state index is 0.359. The number of nitrogens with zero attached hydrogens (tertiary/aromatic N) is 1. The summed E-state index contributed by atoms with van der Waals surface area (Å²) in [7, 11) is 0. The number of carbonyl (C=O) groups excluding carboxylic acids is 1. The standard InChI is InChI=1S/C21H41NO2/c23-20-18-16-14-12-10-8-6-4-2-1-3-5-7-9-11-13-15-17-19-22-21-24/h23H,1-20H2. The highest BCUT2D eigenvalue weighted by Gasteiger charge is 1.95. The number of aliphatic hydroxyl groups is 1. The Labute approximate surface area is 150 Å². The van der Waals surface area contributed by atoms with E-state index in [0.717, 1.165) is 12.8 Å². The first-order valence-electron chi connectivity index (χ1n) is 10.6. The van der Waals surface area contributed by atoms with Crippen molar-refractivity contribution >= 4 is 6.08 Å². The van der Waals surface area contributed by atoms with E-state index >= 15 is 0 Å². The molecule has 0 radical (unpaired) electrons. The van der Waals surface area contributed by atoms with Crippen LogP contribution in [0.15, 0.2) is 4.99 Å². The summed E-state index contributed by atoms with van der Waals surface area (Å²) in [6.07, 6.45) is 25.3. The number of aliphatic imine (C=N–C) groups is 1. The van der Waals surface area contributed by atoms with E-state index in [1.807, 2.05) is 0 Å². The first kappa shape index (κ1) is 23.3. The average Bonchev–Trinajstić information content (AvgIpc) is 2.60. The molecular formula is C21H41NO2. The highest BCUT2D eigenvalue weighted by molar-refractivity contribution is 5.32. The fourth-order valence-electron chi connectivity index (χ4n) is 3.18. The minimum absolute atomic E-state index is 0.359. The summed E-state index contributed by atoms with van der Waals surface area (Å²) in [5.41, 5.74) is 0. The van der Waals surface area contributed by atoms with Gasteiger partial charge in [0.1, 0.15) is 0 Å². The van der Waals surface area contributed by atoms with Crippen LogP contribution in [0.1, 0.15) is 116 Å². The molecule has 0 amide bonds. The summed E-state index contributed by atoms with van der Waals surface area (Å²) >= 11 is 0. The molecule has 1 N–H and O–H groups in total. The summed E-state index contributed by atoms with van der Waals surface area (Å²) in [4.78, 5) is 13.5. The summed E-state index contributed by atoms with van der Waals surface area (Å²) < 4.78 is 0. The van der Waals surface area contributed by atoms with Crippen LogP contribution in [0.25, 0.3) is 0 Å². The molecule has 0 atom stereocenters. The minimum Gasteiger partial charge on any atom is -0.396 e. The molecule has 0 aromatic rings. The molecule has 0 aliphatic heterocycles. The lowest BCUT2D eigenvalue weighted by atomic mass is 10.0. The number of hydrogen-bond donors (Lipinski definition) is 1. The van der Waals surface area contributed by atoms with Gasteiger partial charge in [-0.15, -0.1) is 0 Å². The summed E-state index contributed by atoms with van der Waals surface area (Å²) in [5.74, 6) is 0. The maximum absolute atomic E-state index is 9.90. The molecule has 24 heavy (non-hydrogen) atoms. The van der Waals surface area contributed by atoms with Gasteiger partial charge in [0.15, 0.2) is 0 Å². The highest BCUT2D eigenvalue weighted by Crippen LogP contribution is 2.14. The molecule has 0 aliphatic carbocycles. The Morgan fingerprint density at radius 2 is 0.792 bits per heavy atom. The van der Waals surface area contributed by atoms with Gasteiger partial charge in [0.25, 0.3) is 0 Å². The van der Waals surface area contributed by atoms with E-state index in [2.05, 4.69) is 4.99 Å². The summed E-state index contributed by atoms with van der Waals surface area (Å²) in [6, 6.07) is 0. The van der Waals surface area contributed by atoms with Crippen molar-refractivity contribution in [3.8, 4) is 0 Å². The van der Waals surface area contributed by atoms with Crippen molar-refractivity contribution in [3.63, 3.8) is 0 Å². The van der Waals surface area contributed by atoms with Crippen molar-refractivity contribution < 1.29 is 9.90 Å². The fraction of sp³-hybridized carbons (Fsp3) is 0.952. The van der Waals surface area contributed by atoms with Crippen LogP contribution in [0.2, 0.25) is 0 Å². The molecule has 0 aromatic carbocycles. The van der Waals surface area contributed by atoms with Crippen LogP contribution in [0.3, 0.4) is 0 Å². The zero-order chi connectivity index (χ0) is 17.6. The van der Waals surface area contributed by atoms with Crippen LogP contribution < -0.4 is 0 Å². The van der Waals surface area contributed by atoms with Crippen molar-refractivity contribution in [2.75, 3.05) is 13.2 Å². The Balaban J connectivity index is 2.96. The molecule has 3 nitrogen and oxygen atoms in total. The van der Waals surface area contributed by atoms with Crippen LogP contribution in [-0.2, 0) is 4.79 Å². The Bertz CT molecular complexity index is 275. The monoisotopic (exact) mass is 339 g/mol. The molecule has 0 aromatic heterocycles. The molecule has 0 bridgehead atoms. The second-order valence-corrected chi connectivity index (χ2v) is 7.06. The van der Waals surface area contributed by atoms with Crippen molar-refractivity contribution in [2.45, 2.75) is 116 Å². The fourth-order valence-corrected chi connectivity index (χ4v) is 3.18. The molecule has 0 rings (SSSR count). The number of hydrogen-bond acceptors (Lipinski definition) is 3.